The number of rotatable bonds is 3. The molecular formula is C18H22O4. The molecule has 0 radical (unpaired) electrons. The average molecular weight is 302 g/mol. The summed E-state index contributed by atoms with van der Waals surface area (Å²) >= 11 is 0. The van der Waals surface area contributed by atoms with E-state index in [0.29, 0.717) is 19.3 Å². The number of ketones is 2. The number of benzene rings is 1. The summed E-state index contributed by atoms with van der Waals surface area (Å²) in [5, 5.41) is 11.2. The Bertz CT molecular complexity index is 620. The number of Topliss-reactive ketones (excluding diaryl/α,β-unsaturated/α-hetero) is 2. The quantitative estimate of drug-likeness (QED) is 0.931. The molecule has 0 bridgehead atoms. The van der Waals surface area contributed by atoms with Crippen molar-refractivity contribution < 1.29 is 19.4 Å². The maximum absolute atomic E-state index is 12.3. The van der Waals surface area contributed by atoms with Gasteiger partial charge in [-0.2, -0.15) is 0 Å². The van der Waals surface area contributed by atoms with Gasteiger partial charge in [0.25, 0.3) is 0 Å². The van der Waals surface area contributed by atoms with Gasteiger partial charge in [-0.3, -0.25) is 9.59 Å². The largest absolute Gasteiger partial charge is 0.497 e. The molecule has 2 fully saturated rings. The second kappa shape index (κ2) is 4.92. The zero-order chi connectivity index (χ0) is 16.1. The SMILES string of the molecule is COc1ccc([C@H]2C[C@@]3(C)C(=O)CC[C@@]3(O)[C@@H]2C(C)=O)cc1. The lowest BCUT2D eigenvalue weighted by Crippen LogP contribution is -2.47. The van der Waals surface area contributed by atoms with E-state index in [0.717, 1.165) is 11.3 Å². The van der Waals surface area contributed by atoms with Crippen molar-refractivity contribution in [3.8, 4) is 5.75 Å². The van der Waals surface area contributed by atoms with E-state index in [2.05, 4.69) is 0 Å². The van der Waals surface area contributed by atoms with Gasteiger partial charge in [0, 0.05) is 6.42 Å². The molecule has 2 aliphatic carbocycles. The Hall–Kier alpha value is -1.68. The number of methoxy groups -OCH3 is 1. The van der Waals surface area contributed by atoms with Crippen molar-refractivity contribution >= 4 is 11.6 Å². The molecule has 4 nitrogen and oxygen atoms in total. The predicted molar refractivity (Wildman–Crippen MR) is 81.8 cm³/mol. The van der Waals surface area contributed by atoms with Crippen LogP contribution in [0.15, 0.2) is 24.3 Å². The van der Waals surface area contributed by atoms with Gasteiger partial charge in [-0.15, -0.1) is 0 Å². The Morgan fingerprint density at radius 3 is 2.50 bits per heavy atom. The van der Waals surface area contributed by atoms with Gasteiger partial charge in [0.15, 0.2) is 0 Å². The van der Waals surface area contributed by atoms with Gasteiger partial charge in [0.1, 0.15) is 17.3 Å². The third kappa shape index (κ3) is 1.86. The van der Waals surface area contributed by atoms with E-state index in [1.807, 2.05) is 31.2 Å². The minimum Gasteiger partial charge on any atom is -0.497 e. The van der Waals surface area contributed by atoms with Gasteiger partial charge >= 0.3 is 0 Å². The smallest absolute Gasteiger partial charge is 0.141 e. The summed E-state index contributed by atoms with van der Waals surface area (Å²) in [6.45, 7) is 3.34. The second-order valence-corrected chi connectivity index (χ2v) is 6.85. The minimum absolute atomic E-state index is 0.0401. The number of hydrogen-bond acceptors (Lipinski definition) is 4. The molecule has 2 aliphatic rings. The molecule has 0 heterocycles. The van der Waals surface area contributed by atoms with Crippen LogP contribution < -0.4 is 4.74 Å². The van der Waals surface area contributed by atoms with E-state index in [-0.39, 0.29) is 17.5 Å². The predicted octanol–water partition coefficient (Wildman–Crippen LogP) is 2.49. The van der Waals surface area contributed by atoms with Crippen molar-refractivity contribution in [1.29, 1.82) is 0 Å². The van der Waals surface area contributed by atoms with E-state index >= 15 is 0 Å². The van der Waals surface area contributed by atoms with Crippen molar-refractivity contribution in [1.82, 2.24) is 0 Å². The van der Waals surface area contributed by atoms with E-state index in [9.17, 15) is 14.7 Å². The maximum Gasteiger partial charge on any atom is 0.141 e. The summed E-state index contributed by atoms with van der Waals surface area (Å²) < 4.78 is 5.17. The highest BCUT2D eigenvalue weighted by Crippen LogP contribution is 2.62. The first kappa shape index (κ1) is 15.2. The lowest BCUT2D eigenvalue weighted by atomic mass is 9.73. The lowest BCUT2D eigenvalue weighted by Gasteiger charge is -2.35. The van der Waals surface area contributed by atoms with Gasteiger partial charge < -0.3 is 9.84 Å². The van der Waals surface area contributed by atoms with Crippen molar-refractivity contribution in [2.24, 2.45) is 11.3 Å². The van der Waals surface area contributed by atoms with Crippen LogP contribution in [-0.2, 0) is 9.59 Å². The molecule has 0 unspecified atom stereocenters. The zero-order valence-electron chi connectivity index (χ0n) is 13.3. The zero-order valence-corrected chi connectivity index (χ0v) is 13.3. The van der Waals surface area contributed by atoms with Crippen LogP contribution in [-0.4, -0.2) is 29.4 Å². The van der Waals surface area contributed by atoms with Crippen molar-refractivity contribution in [2.75, 3.05) is 7.11 Å². The monoisotopic (exact) mass is 302 g/mol. The molecule has 0 amide bonds. The number of carbonyl (C=O) groups excluding carboxylic acids is 2. The molecule has 118 valence electrons. The third-order valence-electron chi connectivity index (χ3n) is 5.83. The normalized spacial score (nSPS) is 37.2. The van der Waals surface area contributed by atoms with Crippen molar-refractivity contribution in [3.63, 3.8) is 0 Å². The average Bonchev–Trinajstić information content (AvgIpc) is 2.86. The fourth-order valence-corrected chi connectivity index (χ4v) is 4.56. The fourth-order valence-electron chi connectivity index (χ4n) is 4.56. The van der Waals surface area contributed by atoms with Crippen molar-refractivity contribution in [3.05, 3.63) is 29.8 Å². The summed E-state index contributed by atoms with van der Waals surface area (Å²) in [7, 11) is 1.61. The summed E-state index contributed by atoms with van der Waals surface area (Å²) in [6.07, 6.45) is 1.28. The molecular weight excluding hydrogens is 280 g/mol. The summed E-state index contributed by atoms with van der Waals surface area (Å²) in [6, 6.07) is 7.57. The number of ether oxygens (including phenoxy) is 1. The Morgan fingerprint density at radius 1 is 1.32 bits per heavy atom. The van der Waals surface area contributed by atoms with Crippen molar-refractivity contribution in [2.45, 2.75) is 44.6 Å². The number of aliphatic hydroxyl groups is 1. The van der Waals surface area contributed by atoms with Gasteiger partial charge in [-0.25, -0.2) is 0 Å². The topological polar surface area (TPSA) is 63.6 Å². The van der Waals surface area contributed by atoms with Crippen LogP contribution >= 0.6 is 0 Å². The Labute approximate surface area is 130 Å². The third-order valence-corrected chi connectivity index (χ3v) is 5.83. The molecule has 1 aromatic rings. The first-order chi connectivity index (χ1) is 10.3. The number of hydrogen-bond donors (Lipinski definition) is 1. The van der Waals surface area contributed by atoms with Crippen LogP contribution in [0.4, 0.5) is 0 Å². The summed E-state index contributed by atoms with van der Waals surface area (Å²) in [5.74, 6) is 0.154. The second-order valence-electron chi connectivity index (χ2n) is 6.85. The van der Waals surface area contributed by atoms with Crippen LogP contribution in [0.3, 0.4) is 0 Å². The molecule has 1 N–H and O–H groups in total. The molecule has 4 atom stereocenters. The van der Waals surface area contributed by atoms with Crippen LogP contribution in [0.1, 0.15) is 44.6 Å². The van der Waals surface area contributed by atoms with E-state index in [1.54, 1.807) is 7.11 Å². The standard InChI is InChI=1S/C18H22O4/c1-11(19)16-14(12-4-6-13(22-3)7-5-12)10-17(2)15(20)8-9-18(16,17)21/h4-7,14,16,21H,8-10H2,1-3H3/t14-,16-,17+,18-/m1/s1. The molecule has 3 rings (SSSR count). The minimum atomic E-state index is -1.21. The van der Waals surface area contributed by atoms with E-state index < -0.39 is 16.9 Å². The Morgan fingerprint density at radius 2 is 1.95 bits per heavy atom. The lowest BCUT2D eigenvalue weighted by molar-refractivity contribution is -0.140. The fraction of sp³-hybridized carbons (Fsp3) is 0.556. The molecule has 0 spiro atoms. The first-order valence-electron chi connectivity index (χ1n) is 7.73. The van der Waals surface area contributed by atoms with Crippen LogP contribution in [0.5, 0.6) is 5.75 Å². The van der Waals surface area contributed by atoms with Gasteiger partial charge in [-0.1, -0.05) is 12.1 Å². The van der Waals surface area contributed by atoms with Crippen LogP contribution in [0.25, 0.3) is 0 Å². The van der Waals surface area contributed by atoms with Gasteiger partial charge in [0.05, 0.1) is 24.0 Å². The number of fused-ring (bicyclic) bond motifs is 1. The number of carbonyl (C=O) groups is 2. The highest BCUT2D eigenvalue weighted by molar-refractivity contribution is 5.93. The summed E-state index contributed by atoms with van der Waals surface area (Å²) in [5.41, 5.74) is -1.04. The molecule has 4 heteroatoms. The molecule has 0 aromatic heterocycles. The van der Waals surface area contributed by atoms with E-state index in [4.69, 9.17) is 4.74 Å². The van der Waals surface area contributed by atoms with E-state index in [1.165, 1.54) is 6.92 Å². The Kier molecular flexibility index (Phi) is 3.40. The molecule has 0 aliphatic heterocycles. The van der Waals surface area contributed by atoms with Gasteiger partial charge in [0.2, 0.25) is 0 Å². The molecule has 22 heavy (non-hydrogen) atoms. The van der Waals surface area contributed by atoms with Crippen LogP contribution in [0.2, 0.25) is 0 Å². The first-order valence-corrected chi connectivity index (χ1v) is 7.73. The Balaban J connectivity index is 2.04. The highest BCUT2D eigenvalue weighted by Gasteiger charge is 2.68. The van der Waals surface area contributed by atoms with Crippen LogP contribution in [0, 0.1) is 11.3 Å². The maximum atomic E-state index is 12.3. The summed E-state index contributed by atoms with van der Waals surface area (Å²) in [4.78, 5) is 24.6. The molecule has 0 saturated heterocycles. The van der Waals surface area contributed by atoms with Gasteiger partial charge in [-0.05, 0) is 50.3 Å². The molecule has 1 aromatic carbocycles. The highest BCUT2D eigenvalue weighted by atomic mass is 16.5. The molecule has 2 saturated carbocycles.